The van der Waals surface area contributed by atoms with Gasteiger partial charge in [-0.1, -0.05) is 12.1 Å². The van der Waals surface area contributed by atoms with Gasteiger partial charge in [-0.25, -0.2) is 9.59 Å². The van der Waals surface area contributed by atoms with Crippen LogP contribution in [0.4, 0.5) is 0 Å². The SMILES string of the molecule is CC(C)OOC(=O)c1ccccc1C(=O)OOC(C)C. The van der Waals surface area contributed by atoms with Crippen molar-refractivity contribution in [3.63, 3.8) is 0 Å². The first kappa shape index (κ1) is 16.1. The fourth-order valence-electron chi connectivity index (χ4n) is 1.21. The smallest absolute Gasteiger partial charge is 0.293 e. The molecule has 0 unspecified atom stereocenters. The molecule has 0 spiro atoms. The maximum absolute atomic E-state index is 11.8. The molecule has 0 radical (unpaired) electrons. The zero-order valence-corrected chi connectivity index (χ0v) is 11.9. The predicted molar refractivity (Wildman–Crippen MR) is 69.7 cm³/mol. The Bertz CT molecular complexity index is 423. The highest BCUT2D eigenvalue weighted by molar-refractivity contribution is 6.02. The van der Waals surface area contributed by atoms with Gasteiger partial charge in [-0.05, 0) is 39.8 Å². The first-order valence-electron chi connectivity index (χ1n) is 6.26. The minimum atomic E-state index is -0.768. The van der Waals surface area contributed by atoms with Crippen molar-refractivity contribution in [1.82, 2.24) is 0 Å². The Balaban J connectivity index is 2.82. The Hall–Kier alpha value is -1.92. The molecular formula is C14H18O6. The molecule has 1 aromatic rings. The van der Waals surface area contributed by atoms with Crippen molar-refractivity contribution < 1.29 is 29.1 Å². The van der Waals surface area contributed by atoms with Crippen molar-refractivity contribution >= 4 is 11.9 Å². The van der Waals surface area contributed by atoms with Gasteiger partial charge in [-0.2, -0.15) is 9.78 Å². The van der Waals surface area contributed by atoms with Gasteiger partial charge in [0.1, 0.15) is 0 Å². The van der Waals surface area contributed by atoms with Gasteiger partial charge in [0, 0.05) is 0 Å². The van der Waals surface area contributed by atoms with Crippen molar-refractivity contribution in [2.45, 2.75) is 39.9 Å². The predicted octanol–water partition coefficient (Wildman–Crippen LogP) is 2.68. The van der Waals surface area contributed by atoms with Crippen molar-refractivity contribution in [2.24, 2.45) is 0 Å². The molecule has 0 atom stereocenters. The molecule has 0 aliphatic rings. The van der Waals surface area contributed by atoms with Crippen LogP contribution in [-0.4, -0.2) is 24.1 Å². The van der Waals surface area contributed by atoms with Gasteiger partial charge in [-0.3, -0.25) is 9.78 Å². The van der Waals surface area contributed by atoms with E-state index in [0.717, 1.165) is 0 Å². The number of carbonyl (C=O) groups excluding carboxylic acids is 2. The maximum atomic E-state index is 11.8. The van der Waals surface area contributed by atoms with Crippen LogP contribution < -0.4 is 0 Å². The molecule has 20 heavy (non-hydrogen) atoms. The van der Waals surface area contributed by atoms with E-state index in [2.05, 4.69) is 9.78 Å². The molecule has 0 saturated heterocycles. The lowest BCUT2D eigenvalue weighted by atomic mass is 10.1. The van der Waals surface area contributed by atoms with E-state index in [1.807, 2.05) is 0 Å². The van der Waals surface area contributed by atoms with Crippen molar-refractivity contribution in [3.8, 4) is 0 Å². The van der Waals surface area contributed by atoms with Crippen LogP contribution in [0.15, 0.2) is 24.3 Å². The van der Waals surface area contributed by atoms with E-state index >= 15 is 0 Å². The topological polar surface area (TPSA) is 71.1 Å². The maximum Gasteiger partial charge on any atom is 0.373 e. The average Bonchev–Trinajstić information content (AvgIpc) is 2.42. The number of hydrogen-bond donors (Lipinski definition) is 0. The third-order valence-corrected chi connectivity index (χ3v) is 2.00. The van der Waals surface area contributed by atoms with E-state index in [1.54, 1.807) is 39.8 Å². The third-order valence-electron chi connectivity index (χ3n) is 2.00. The first-order chi connectivity index (χ1) is 9.41. The molecule has 110 valence electrons. The standard InChI is InChI=1S/C14H18O6/c1-9(2)17-19-13(15)11-7-5-6-8-12(11)14(16)20-18-10(3)4/h5-10H,1-4H3. The molecular weight excluding hydrogens is 264 g/mol. The lowest BCUT2D eigenvalue weighted by Crippen LogP contribution is -2.17. The Morgan fingerprint density at radius 3 is 1.45 bits per heavy atom. The fourth-order valence-corrected chi connectivity index (χ4v) is 1.21. The summed E-state index contributed by atoms with van der Waals surface area (Å²) in [5, 5.41) is 0. The lowest BCUT2D eigenvalue weighted by Gasteiger charge is -2.10. The van der Waals surface area contributed by atoms with Gasteiger partial charge in [0.15, 0.2) is 0 Å². The minimum absolute atomic E-state index is 0.0468. The molecule has 0 aliphatic heterocycles. The van der Waals surface area contributed by atoms with Gasteiger partial charge in [0.2, 0.25) is 0 Å². The Morgan fingerprint density at radius 2 is 1.15 bits per heavy atom. The Labute approximate surface area is 117 Å². The second-order valence-corrected chi connectivity index (χ2v) is 4.58. The summed E-state index contributed by atoms with van der Waals surface area (Å²) in [5.74, 6) is -1.54. The summed E-state index contributed by atoms with van der Waals surface area (Å²) in [6, 6.07) is 6.09. The molecule has 0 bridgehead atoms. The van der Waals surface area contributed by atoms with Gasteiger partial charge in [-0.15, -0.1) is 0 Å². The van der Waals surface area contributed by atoms with Crippen LogP contribution in [0.3, 0.4) is 0 Å². The van der Waals surface area contributed by atoms with Crippen LogP contribution in [0.5, 0.6) is 0 Å². The van der Waals surface area contributed by atoms with E-state index in [1.165, 1.54) is 12.1 Å². The molecule has 0 aromatic heterocycles. The fraction of sp³-hybridized carbons (Fsp3) is 0.429. The molecule has 0 heterocycles. The third kappa shape index (κ3) is 4.99. The number of carbonyl (C=O) groups is 2. The molecule has 0 aliphatic carbocycles. The Kier molecular flexibility index (Phi) is 6.14. The number of rotatable bonds is 6. The van der Waals surface area contributed by atoms with Crippen molar-refractivity contribution in [2.75, 3.05) is 0 Å². The lowest BCUT2D eigenvalue weighted by molar-refractivity contribution is -0.267. The molecule has 6 nitrogen and oxygen atoms in total. The highest BCUT2D eigenvalue weighted by Crippen LogP contribution is 2.13. The van der Waals surface area contributed by atoms with Gasteiger partial charge >= 0.3 is 11.9 Å². The summed E-state index contributed by atoms with van der Waals surface area (Å²) >= 11 is 0. The van der Waals surface area contributed by atoms with Crippen molar-refractivity contribution in [1.29, 1.82) is 0 Å². The minimum Gasteiger partial charge on any atom is -0.293 e. The molecule has 0 amide bonds. The Morgan fingerprint density at radius 1 is 0.800 bits per heavy atom. The summed E-state index contributed by atoms with van der Waals surface area (Å²) in [6.07, 6.45) is -0.551. The van der Waals surface area contributed by atoms with E-state index in [-0.39, 0.29) is 23.3 Å². The normalized spacial score (nSPS) is 10.7. The monoisotopic (exact) mass is 282 g/mol. The largest absolute Gasteiger partial charge is 0.373 e. The second-order valence-electron chi connectivity index (χ2n) is 4.58. The van der Waals surface area contributed by atoms with Crippen LogP contribution >= 0.6 is 0 Å². The van der Waals surface area contributed by atoms with Crippen LogP contribution in [0.25, 0.3) is 0 Å². The summed E-state index contributed by atoms with van der Waals surface area (Å²) < 4.78 is 0. The first-order valence-corrected chi connectivity index (χ1v) is 6.26. The molecule has 1 rings (SSSR count). The van der Waals surface area contributed by atoms with E-state index in [9.17, 15) is 9.59 Å². The zero-order valence-electron chi connectivity index (χ0n) is 11.9. The molecule has 1 aromatic carbocycles. The number of benzene rings is 1. The van der Waals surface area contributed by atoms with Gasteiger partial charge in [0.25, 0.3) is 0 Å². The molecule has 0 saturated carbocycles. The van der Waals surface area contributed by atoms with E-state index in [0.29, 0.717) is 0 Å². The second kappa shape index (κ2) is 7.62. The summed E-state index contributed by atoms with van der Waals surface area (Å²) in [6.45, 7) is 6.85. The summed E-state index contributed by atoms with van der Waals surface area (Å²) in [4.78, 5) is 42.4. The average molecular weight is 282 g/mol. The van der Waals surface area contributed by atoms with Gasteiger partial charge in [0.05, 0.1) is 23.3 Å². The summed E-state index contributed by atoms with van der Waals surface area (Å²) in [7, 11) is 0. The van der Waals surface area contributed by atoms with Crippen LogP contribution in [-0.2, 0) is 19.6 Å². The van der Waals surface area contributed by atoms with E-state index < -0.39 is 11.9 Å². The van der Waals surface area contributed by atoms with Crippen LogP contribution in [0, 0.1) is 0 Å². The zero-order chi connectivity index (χ0) is 15.1. The van der Waals surface area contributed by atoms with Gasteiger partial charge < -0.3 is 0 Å². The van der Waals surface area contributed by atoms with Crippen LogP contribution in [0.1, 0.15) is 48.4 Å². The van der Waals surface area contributed by atoms with E-state index in [4.69, 9.17) is 9.78 Å². The highest BCUT2D eigenvalue weighted by Gasteiger charge is 2.21. The molecule has 0 fully saturated rings. The molecule has 6 heteroatoms. The molecule has 0 N–H and O–H groups in total. The van der Waals surface area contributed by atoms with Crippen molar-refractivity contribution in [3.05, 3.63) is 35.4 Å². The highest BCUT2D eigenvalue weighted by atomic mass is 17.2. The number of hydrogen-bond acceptors (Lipinski definition) is 6. The summed E-state index contributed by atoms with van der Waals surface area (Å²) in [5.41, 5.74) is 0.0935. The quantitative estimate of drug-likeness (QED) is 0.590. The van der Waals surface area contributed by atoms with Crippen LogP contribution in [0.2, 0.25) is 0 Å².